The third kappa shape index (κ3) is 3.63. The second kappa shape index (κ2) is 8.95. The van der Waals surface area contributed by atoms with Gasteiger partial charge >= 0.3 is 5.97 Å². The van der Waals surface area contributed by atoms with Crippen LogP contribution in [0, 0.1) is 13.8 Å². The number of hydrogen-bond donors (Lipinski definition) is 1. The summed E-state index contributed by atoms with van der Waals surface area (Å²) in [5, 5.41) is 12.9. The third-order valence-electron chi connectivity index (χ3n) is 8.14. The van der Waals surface area contributed by atoms with Gasteiger partial charge in [-0.1, -0.05) is 25.3 Å². The van der Waals surface area contributed by atoms with Gasteiger partial charge in [0, 0.05) is 21.9 Å². The van der Waals surface area contributed by atoms with Gasteiger partial charge in [0.15, 0.2) is 0 Å². The van der Waals surface area contributed by atoms with Crippen LogP contribution in [0.5, 0.6) is 5.75 Å². The molecule has 1 aliphatic carbocycles. The monoisotopic (exact) mass is 523 g/mol. The summed E-state index contributed by atoms with van der Waals surface area (Å²) in [7, 11) is 0. The van der Waals surface area contributed by atoms with Crippen LogP contribution in [-0.4, -0.2) is 32.2 Å². The van der Waals surface area contributed by atoms with Crippen LogP contribution in [-0.2, 0) is 6.54 Å². The zero-order valence-electron chi connectivity index (χ0n) is 21.6. The van der Waals surface area contributed by atoms with Crippen LogP contribution >= 0.6 is 11.3 Å². The van der Waals surface area contributed by atoms with Gasteiger partial charge in [-0.3, -0.25) is 0 Å². The first-order valence-corrected chi connectivity index (χ1v) is 14.2. The molecule has 4 heterocycles. The lowest BCUT2D eigenvalue weighted by molar-refractivity contribution is 0.0697. The Labute approximate surface area is 224 Å². The zero-order valence-corrected chi connectivity index (χ0v) is 22.4. The average molecular weight is 524 g/mol. The molecule has 7 heteroatoms. The summed E-state index contributed by atoms with van der Waals surface area (Å²) in [4.78, 5) is 22.5. The van der Waals surface area contributed by atoms with Crippen molar-refractivity contribution >= 4 is 39.1 Å². The van der Waals surface area contributed by atoms with Gasteiger partial charge in [0.2, 0.25) is 0 Å². The Morgan fingerprint density at radius 3 is 2.61 bits per heavy atom. The predicted octanol–water partition coefficient (Wildman–Crippen LogP) is 7.74. The summed E-state index contributed by atoms with van der Waals surface area (Å²) in [6.07, 6.45) is 6.07. The van der Waals surface area contributed by atoms with Crippen molar-refractivity contribution in [3.63, 3.8) is 0 Å². The molecular formula is C31H29N3O3S. The van der Waals surface area contributed by atoms with Crippen molar-refractivity contribution in [1.29, 1.82) is 0 Å². The molecule has 1 aliphatic heterocycles. The first-order chi connectivity index (χ1) is 18.5. The molecule has 5 aromatic rings. The summed E-state index contributed by atoms with van der Waals surface area (Å²) in [5.41, 5.74) is 7.76. The van der Waals surface area contributed by atoms with E-state index in [-0.39, 0.29) is 0 Å². The standard InChI is InChI=1S/C31H29N3O3S/c1-17-30(38-18(2)32-17)25-13-10-21-24(33-25)12-11-23-28-27(19-6-4-3-5-7-19)22-9-8-20(31(35)36)16-26(22)34(28)14-15-37-29(21)23/h8-13,16,19H,3-7,14-15H2,1-2H3,(H,35,36). The SMILES string of the molecule is Cc1nc(C)c(-c2ccc3c4c(ccc3n2)-c2c(C3CCCCC3)c3ccc(C(=O)O)cc3n2CCO4)s1. The molecule has 192 valence electrons. The van der Waals surface area contributed by atoms with Crippen LogP contribution in [0.4, 0.5) is 0 Å². The Bertz CT molecular complexity index is 1740. The van der Waals surface area contributed by atoms with E-state index in [4.69, 9.17) is 9.72 Å². The number of thiazole rings is 1. The molecule has 0 spiro atoms. The van der Waals surface area contributed by atoms with Crippen LogP contribution in [0.2, 0.25) is 0 Å². The molecule has 2 aliphatic rings. The van der Waals surface area contributed by atoms with E-state index in [0.717, 1.165) is 61.8 Å². The zero-order chi connectivity index (χ0) is 26.0. The molecule has 38 heavy (non-hydrogen) atoms. The lowest BCUT2D eigenvalue weighted by atomic mass is 9.81. The maximum Gasteiger partial charge on any atom is 0.335 e. The number of carboxylic acids is 1. The second-order valence-electron chi connectivity index (χ2n) is 10.5. The first-order valence-electron chi connectivity index (χ1n) is 13.4. The van der Waals surface area contributed by atoms with Gasteiger partial charge in [-0.05, 0) is 74.6 Å². The third-order valence-corrected chi connectivity index (χ3v) is 9.23. The number of benzene rings is 2. The molecule has 0 bridgehead atoms. The first kappa shape index (κ1) is 23.4. The molecule has 0 saturated heterocycles. The largest absolute Gasteiger partial charge is 0.490 e. The van der Waals surface area contributed by atoms with Gasteiger partial charge in [-0.25, -0.2) is 14.8 Å². The lowest BCUT2D eigenvalue weighted by Crippen LogP contribution is -2.07. The van der Waals surface area contributed by atoms with Gasteiger partial charge in [-0.15, -0.1) is 11.3 Å². The van der Waals surface area contributed by atoms with Gasteiger partial charge in [0.05, 0.1) is 44.6 Å². The lowest BCUT2D eigenvalue weighted by Gasteiger charge is -2.23. The van der Waals surface area contributed by atoms with E-state index >= 15 is 0 Å². The Hall–Kier alpha value is -3.71. The molecule has 0 atom stereocenters. The van der Waals surface area contributed by atoms with Crippen molar-refractivity contribution in [2.24, 2.45) is 0 Å². The fraction of sp³-hybridized carbons (Fsp3) is 0.323. The summed E-state index contributed by atoms with van der Waals surface area (Å²) >= 11 is 1.67. The normalized spacial score (nSPS) is 15.7. The van der Waals surface area contributed by atoms with Gasteiger partial charge in [0.1, 0.15) is 12.4 Å². The van der Waals surface area contributed by atoms with Crippen LogP contribution in [0.15, 0.2) is 42.5 Å². The van der Waals surface area contributed by atoms with E-state index in [1.165, 1.54) is 35.9 Å². The highest BCUT2D eigenvalue weighted by molar-refractivity contribution is 7.15. The van der Waals surface area contributed by atoms with Crippen molar-refractivity contribution in [1.82, 2.24) is 14.5 Å². The molecule has 0 amide bonds. The number of aryl methyl sites for hydroxylation is 2. The van der Waals surface area contributed by atoms with Crippen LogP contribution in [0.1, 0.15) is 64.6 Å². The maximum atomic E-state index is 11.8. The molecular weight excluding hydrogens is 494 g/mol. The number of rotatable bonds is 3. The highest BCUT2D eigenvalue weighted by Gasteiger charge is 2.30. The quantitative estimate of drug-likeness (QED) is 0.262. The molecule has 2 aromatic carbocycles. The molecule has 1 N–H and O–H groups in total. The van der Waals surface area contributed by atoms with E-state index < -0.39 is 5.97 Å². The van der Waals surface area contributed by atoms with Crippen LogP contribution < -0.4 is 4.74 Å². The van der Waals surface area contributed by atoms with Gasteiger partial charge < -0.3 is 14.4 Å². The van der Waals surface area contributed by atoms with E-state index in [2.05, 4.69) is 33.8 Å². The van der Waals surface area contributed by atoms with E-state index in [9.17, 15) is 9.90 Å². The van der Waals surface area contributed by atoms with Crippen LogP contribution in [0.25, 0.3) is 43.6 Å². The Kier molecular flexibility index (Phi) is 5.51. The summed E-state index contributed by atoms with van der Waals surface area (Å²) in [6.45, 7) is 5.24. The van der Waals surface area contributed by atoms with E-state index in [0.29, 0.717) is 24.6 Å². The molecule has 1 fully saturated rings. The number of hydrogen-bond acceptors (Lipinski definition) is 5. The Morgan fingerprint density at radius 2 is 1.84 bits per heavy atom. The minimum Gasteiger partial charge on any atom is -0.490 e. The molecule has 0 unspecified atom stereocenters. The summed E-state index contributed by atoms with van der Waals surface area (Å²) in [5.74, 6) is 0.430. The number of aromatic carboxylic acids is 1. The number of nitrogens with zero attached hydrogens (tertiary/aromatic N) is 3. The summed E-state index contributed by atoms with van der Waals surface area (Å²) in [6, 6.07) is 14.1. The fourth-order valence-electron chi connectivity index (χ4n) is 6.49. The molecule has 7 rings (SSSR count). The van der Waals surface area contributed by atoms with Gasteiger partial charge in [-0.2, -0.15) is 0 Å². The van der Waals surface area contributed by atoms with E-state index in [1.807, 2.05) is 26.0 Å². The Balaban J connectivity index is 1.47. The minimum absolute atomic E-state index is 0.322. The number of aromatic nitrogens is 3. The van der Waals surface area contributed by atoms with Crippen molar-refractivity contribution in [2.75, 3.05) is 6.61 Å². The number of ether oxygens (including phenoxy) is 1. The number of fused-ring (bicyclic) bond motifs is 7. The molecule has 0 radical (unpaired) electrons. The molecule has 6 nitrogen and oxygen atoms in total. The Morgan fingerprint density at radius 1 is 1.03 bits per heavy atom. The van der Waals surface area contributed by atoms with Crippen molar-refractivity contribution in [2.45, 2.75) is 58.4 Å². The highest BCUT2D eigenvalue weighted by atomic mass is 32.1. The number of carbonyl (C=O) groups is 1. The van der Waals surface area contributed by atoms with Crippen molar-refractivity contribution in [3.05, 3.63) is 64.3 Å². The molecule has 3 aromatic heterocycles. The van der Waals surface area contributed by atoms with Crippen LogP contribution in [0.3, 0.4) is 0 Å². The van der Waals surface area contributed by atoms with Gasteiger partial charge in [0.25, 0.3) is 0 Å². The minimum atomic E-state index is -0.897. The maximum absolute atomic E-state index is 11.8. The average Bonchev–Trinajstić information content (AvgIpc) is 3.36. The van der Waals surface area contributed by atoms with Crippen molar-refractivity contribution < 1.29 is 14.6 Å². The smallest absolute Gasteiger partial charge is 0.335 e. The van der Waals surface area contributed by atoms with Crippen molar-refractivity contribution in [3.8, 4) is 27.6 Å². The number of pyridine rings is 1. The molecule has 1 saturated carbocycles. The topological polar surface area (TPSA) is 77.2 Å². The highest BCUT2D eigenvalue weighted by Crippen LogP contribution is 2.48. The fourth-order valence-corrected chi connectivity index (χ4v) is 7.38. The van der Waals surface area contributed by atoms with E-state index in [1.54, 1.807) is 17.4 Å². The number of carboxylic acid groups (broad SMARTS) is 1. The predicted molar refractivity (Wildman–Crippen MR) is 152 cm³/mol. The second-order valence-corrected chi connectivity index (χ2v) is 11.7. The summed E-state index contributed by atoms with van der Waals surface area (Å²) < 4.78 is 8.76.